The summed E-state index contributed by atoms with van der Waals surface area (Å²) in [4.78, 5) is 4.08. The first-order valence-electron chi connectivity index (χ1n) is 6.22. The number of aryl methyl sites for hydroxylation is 1. The second-order valence-corrected chi connectivity index (χ2v) is 7.56. The number of hydrogen-bond donors (Lipinski definition) is 1. The largest absolute Gasteiger partial charge is 0.379 e. The summed E-state index contributed by atoms with van der Waals surface area (Å²) in [5.41, 5.74) is 6.85. The summed E-state index contributed by atoms with van der Waals surface area (Å²) in [5, 5.41) is 0.542. The van der Waals surface area contributed by atoms with Gasteiger partial charge in [-0.1, -0.05) is 35.1 Å². The molecule has 0 aliphatic heterocycles. The van der Waals surface area contributed by atoms with Crippen LogP contribution in [-0.2, 0) is 10.1 Å². The lowest BCUT2D eigenvalue weighted by atomic mass is 10.2. The van der Waals surface area contributed by atoms with Gasteiger partial charge in [-0.2, -0.15) is 8.42 Å². The molecule has 0 saturated carbocycles. The highest BCUT2D eigenvalue weighted by Gasteiger charge is 2.23. The lowest BCUT2D eigenvalue weighted by Gasteiger charge is -2.10. The van der Waals surface area contributed by atoms with Crippen molar-refractivity contribution in [2.45, 2.75) is 11.8 Å². The van der Waals surface area contributed by atoms with E-state index in [1.165, 1.54) is 23.5 Å². The number of thiazole rings is 1. The molecule has 8 heteroatoms. The maximum absolute atomic E-state index is 12.4. The van der Waals surface area contributed by atoms with Crippen molar-refractivity contribution < 1.29 is 12.6 Å². The molecule has 114 valence electrons. The molecule has 2 aromatic carbocycles. The Hall–Kier alpha value is -1.83. The third kappa shape index (κ3) is 2.75. The Morgan fingerprint density at radius 3 is 2.77 bits per heavy atom. The van der Waals surface area contributed by atoms with Gasteiger partial charge in [-0.3, -0.25) is 0 Å². The van der Waals surface area contributed by atoms with Gasteiger partial charge in [-0.05, 0) is 30.7 Å². The first kappa shape index (κ1) is 15.1. The smallest absolute Gasteiger partial charge is 0.340 e. The second kappa shape index (κ2) is 5.42. The average Bonchev–Trinajstić information content (AvgIpc) is 2.77. The molecule has 0 atom stereocenters. The van der Waals surface area contributed by atoms with E-state index in [9.17, 15) is 8.42 Å². The number of halogens is 1. The Kier molecular flexibility index (Phi) is 3.72. The van der Waals surface area contributed by atoms with E-state index >= 15 is 0 Å². The van der Waals surface area contributed by atoms with Crippen molar-refractivity contribution >= 4 is 48.4 Å². The summed E-state index contributed by atoms with van der Waals surface area (Å²) in [5.74, 6) is 0.190. The fourth-order valence-electron chi connectivity index (χ4n) is 2.08. The highest BCUT2D eigenvalue weighted by molar-refractivity contribution is 7.87. The molecule has 0 amide bonds. The predicted octanol–water partition coefficient (Wildman–Crippen LogP) is 3.61. The van der Waals surface area contributed by atoms with Crippen LogP contribution < -0.4 is 9.92 Å². The van der Waals surface area contributed by atoms with Gasteiger partial charge in [0.15, 0.2) is 5.13 Å². The number of rotatable bonds is 3. The maximum atomic E-state index is 12.4. The van der Waals surface area contributed by atoms with E-state index in [0.29, 0.717) is 16.2 Å². The van der Waals surface area contributed by atoms with Crippen molar-refractivity contribution in [3.05, 3.63) is 47.0 Å². The quantitative estimate of drug-likeness (QED) is 0.726. The molecule has 0 unspecified atom stereocenters. The topological polar surface area (TPSA) is 82.3 Å². The zero-order chi connectivity index (χ0) is 15.9. The summed E-state index contributed by atoms with van der Waals surface area (Å²) >= 11 is 7.26. The van der Waals surface area contributed by atoms with Crippen molar-refractivity contribution in [2.75, 3.05) is 5.73 Å². The number of aromatic nitrogens is 1. The molecule has 5 nitrogen and oxygen atoms in total. The molecule has 1 heterocycles. The number of nitrogens with two attached hydrogens (primary N) is 1. The SMILES string of the molecule is Cc1cccc(Cl)c1S(=O)(=O)Oc1ccc2nc(N)sc2c1. The van der Waals surface area contributed by atoms with Gasteiger partial charge in [-0.15, -0.1) is 0 Å². The number of anilines is 1. The molecular formula is C14H11ClN2O3S2. The molecular weight excluding hydrogens is 344 g/mol. The van der Waals surface area contributed by atoms with Gasteiger partial charge in [0, 0.05) is 6.07 Å². The fourth-order valence-corrected chi connectivity index (χ4v) is 4.55. The molecule has 0 spiro atoms. The third-order valence-electron chi connectivity index (χ3n) is 3.00. The fraction of sp³-hybridized carbons (Fsp3) is 0.0714. The van der Waals surface area contributed by atoms with Crippen LogP contribution in [0.5, 0.6) is 5.75 Å². The van der Waals surface area contributed by atoms with E-state index in [1.54, 1.807) is 31.2 Å². The van der Waals surface area contributed by atoms with Crippen molar-refractivity contribution in [3.8, 4) is 5.75 Å². The van der Waals surface area contributed by atoms with Crippen molar-refractivity contribution in [3.63, 3.8) is 0 Å². The van der Waals surface area contributed by atoms with Gasteiger partial charge >= 0.3 is 10.1 Å². The Bertz CT molecular complexity index is 947. The maximum Gasteiger partial charge on any atom is 0.340 e. The van der Waals surface area contributed by atoms with Gasteiger partial charge in [0.25, 0.3) is 0 Å². The average molecular weight is 355 g/mol. The van der Waals surface area contributed by atoms with Crippen LogP contribution in [0.4, 0.5) is 5.13 Å². The minimum Gasteiger partial charge on any atom is -0.379 e. The Balaban J connectivity index is 2.02. The van der Waals surface area contributed by atoms with Crippen molar-refractivity contribution in [2.24, 2.45) is 0 Å². The van der Waals surface area contributed by atoms with Crippen LogP contribution in [0.3, 0.4) is 0 Å². The van der Waals surface area contributed by atoms with Gasteiger partial charge in [0.2, 0.25) is 0 Å². The standard InChI is InChI=1S/C14H11ClN2O3S2/c1-8-3-2-4-10(15)13(8)22(18,19)20-9-5-6-11-12(7-9)21-14(16)17-11/h2-7H,1H3,(H2,16,17). The monoisotopic (exact) mass is 354 g/mol. The Morgan fingerprint density at radius 2 is 2.05 bits per heavy atom. The second-order valence-electron chi connectivity index (χ2n) is 4.60. The molecule has 3 rings (SSSR count). The first-order chi connectivity index (χ1) is 10.4. The highest BCUT2D eigenvalue weighted by atomic mass is 35.5. The molecule has 0 aliphatic carbocycles. The first-order valence-corrected chi connectivity index (χ1v) is 8.83. The van der Waals surface area contributed by atoms with E-state index in [1.807, 2.05) is 0 Å². The van der Waals surface area contributed by atoms with Crippen LogP contribution in [0, 0.1) is 6.92 Å². The van der Waals surface area contributed by atoms with Crippen LogP contribution in [0.25, 0.3) is 10.2 Å². The number of hydrogen-bond acceptors (Lipinski definition) is 6. The molecule has 1 aromatic heterocycles. The minimum atomic E-state index is -4.02. The molecule has 0 aliphatic rings. The van der Waals surface area contributed by atoms with Gasteiger partial charge < -0.3 is 9.92 Å². The molecule has 0 saturated heterocycles. The summed E-state index contributed by atoms with van der Waals surface area (Å²) in [6.07, 6.45) is 0. The van der Waals surface area contributed by atoms with Gasteiger partial charge in [0.05, 0.1) is 15.2 Å². The number of nitrogen functional groups attached to an aromatic ring is 1. The summed E-state index contributed by atoms with van der Waals surface area (Å²) < 4.78 is 30.8. The zero-order valence-electron chi connectivity index (χ0n) is 11.4. The van der Waals surface area contributed by atoms with E-state index in [4.69, 9.17) is 21.5 Å². The molecule has 3 aromatic rings. The Labute approximate surface area is 136 Å². The van der Waals surface area contributed by atoms with Crippen LogP contribution in [0.2, 0.25) is 5.02 Å². The lowest BCUT2D eigenvalue weighted by molar-refractivity contribution is 0.486. The van der Waals surface area contributed by atoms with Crippen LogP contribution in [0.15, 0.2) is 41.3 Å². The van der Waals surface area contributed by atoms with E-state index in [0.717, 1.165) is 4.70 Å². The molecule has 22 heavy (non-hydrogen) atoms. The molecule has 0 radical (unpaired) electrons. The van der Waals surface area contributed by atoms with E-state index in [-0.39, 0.29) is 15.7 Å². The van der Waals surface area contributed by atoms with Gasteiger partial charge in [-0.25, -0.2) is 4.98 Å². The zero-order valence-corrected chi connectivity index (χ0v) is 13.8. The molecule has 0 fully saturated rings. The van der Waals surface area contributed by atoms with Crippen molar-refractivity contribution in [1.82, 2.24) is 4.98 Å². The van der Waals surface area contributed by atoms with Crippen LogP contribution >= 0.6 is 22.9 Å². The van der Waals surface area contributed by atoms with E-state index < -0.39 is 10.1 Å². The minimum absolute atomic E-state index is 0.0272. The van der Waals surface area contributed by atoms with Crippen LogP contribution in [0.1, 0.15) is 5.56 Å². The number of benzene rings is 2. The summed E-state index contributed by atoms with van der Waals surface area (Å²) in [6.45, 7) is 1.66. The van der Waals surface area contributed by atoms with E-state index in [2.05, 4.69) is 4.98 Å². The Morgan fingerprint density at radius 1 is 1.27 bits per heavy atom. The lowest BCUT2D eigenvalue weighted by Crippen LogP contribution is -2.11. The summed E-state index contributed by atoms with van der Waals surface area (Å²) in [7, 11) is -4.02. The van der Waals surface area contributed by atoms with Crippen LogP contribution in [-0.4, -0.2) is 13.4 Å². The summed E-state index contributed by atoms with van der Waals surface area (Å²) in [6, 6.07) is 9.64. The molecule has 0 bridgehead atoms. The normalized spacial score (nSPS) is 11.7. The number of fused-ring (bicyclic) bond motifs is 1. The molecule has 2 N–H and O–H groups in total. The predicted molar refractivity (Wildman–Crippen MR) is 88.0 cm³/mol. The highest BCUT2D eigenvalue weighted by Crippen LogP contribution is 2.31. The van der Waals surface area contributed by atoms with Crippen molar-refractivity contribution in [1.29, 1.82) is 0 Å². The number of nitrogens with zero attached hydrogens (tertiary/aromatic N) is 1. The van der Waals surface area contributed by atoms with Gasteiger partial charge in [0.1, 0.15) is 10.6 Å². The third-order valence-corrected chi connectivity index (χ3v) is 5.72.